The molecular weight excluding hydrogens is 284 g/mol. The molecule has 1 aromatic carbocycles. The third-order valence-corrected chi connectivity index (χ3v) is 3.94. The van der Waals surface area contributed by atoms with Crippen molar-refractivity contribution < 1.29 is 18.7 Å². The highest BCUT2D eigenvalue weighted by Gasteiger charge is 2.35. The number of rotatable bonds is 5. The summed E-state index contributed by atoms with van der Waals surface area (Å²) in [6.07, 6.45) is 0. The van der Waals surface area contributed by atoms with E-state index in [1.807, 2.05) is 17.5 Å². The van der Waals surface area contributed by atoms with Gasteiger partial charge in [0.05, 0.1) is 0 Å². The lowest BCUT2D eigenvalue weighted by molar-refractivity contribution is -0.144. The molecule has 0 aliphatic carbocycles. The van der Waals surface area contributed by atoms with Gasteiger partial charge < -0.3 is 5.11 Å². The van der Waals surface area contributed by atoms with Gasteiger partial charge in [0.15, 0.2) is 0 Å². The summed E-state index contributed by atoms with van der Waals surface area (Å²) in [7, 11) is 0. The highest BCUT2D eigenvalue weighted by atomic mass is 32.1. The van der Waals surface area contributed by atoms with Crippen LogP contribution in [-0.4, -0.2) is 11.1 Å². The molecule has 0 aliphatic heterocycles. The maximum absolute atomic E-state index is 13.3. The summed E-state index contributed by atoms with van der Waals surface area (Å²) in [5.41, 5.74) is -1.52. The molecule has 1 atom stereocenters. The van der Waals surface area contributed by atoms with Crippen LogP contribution >= 0.6 is 11.3 Å². The Balaban J connectivity index is 2.30. The Labute approximate surface area is 118 Å². The van der Waals surface area contributed by atoms with E-state index in [0.29, 0.717) is 12.6 Å². The second kappa shape index (κ2) is 5.68. The van der Waals surface area contributed by atoms with Gasteiger partial charge in [0, 0.05) is 17.5 Å². The van der Waals surface area contributed by atoms with E-state index in [0.717, 1.165) is 17.0 Å². The number of hydrogen-bond donors (Lipinski definition) is 2. The molecule has 0 spiro atoms. The van der Waals surface area contributed by atoms with Crippen molar-refractivity contribution in [3.63, 3.8) is 0 Å². The first-order valence-corrected chi connectivity index (χ1v) is 6.77. The Kier molecular flexibility index (Phi) is 4.15. The molecule has 2 N–H and O–H groups in total. The molecule has 0 saturated carbocycles. The number of hydrogen-bond acceptors (Lipinski definition) is 3. The molecule has 1 heterocycles. The summed E-state index contributed by atoms with van der Waals surface area (Å²) in [6, 6.07) is 6.47. The maximum atomic E-state index is 13.3. The Morgan fingerprint density at radius 2 is 2.00 bits per heavy atom. The standard InChI is InChI=1S/C14H13F2NO2S/c1-14(13(18)19,17-8-12-3-2-4-20-12)9-5-10(15)7-11(16)6-9/h2-7,17H,8H2,1H3,(H,18,19). The number of thiophene rings is 1. The first-order chi connectivity index (χ1) is 9.41. The Morgan fingerprint density at radius 3 is 2.50 bits per heavy atom. The van der Waals surface area contributed by atoms with E-state index in [1.165, 1.54) is 18.3 Å². The second-order valence-electron chi connectivity index (χ2n) is 4.52. The van der Waals surface area contributed by atoms with Crippen molar-refractivity contribution in [1.29, 1.82) is 0 Å². The number of carboxylic acids is 1. The average Bonchev–Trinajstić information content (AvgIpc) is 2.87. The zero-order valence-electron chi connectivity index (χ0n) is 10.7. The Hall–Kier alpha value is -1.79. The van der Waals surface area contributed by atoms with Crippen molar-refractivity contribution in [3.8, 4) is 0 Å². The summed E-state index contributed by atoms with van der Waals surface area (Å²) in [5.74, 6) is -2.80. The lowest BCUT2D eigenvalue weighted by Crippen LogP contribution is -2.46. The molecule has 0 bridgehead atoms. The Morgan fingerprint density at radius 1 is 1.35 bits per heavy atom. The van der Waals surface area contributed by atoms with Gasteiger partial charge in [-0.1, -0.05) is 6.07 Å². The predicted octanol–water partition coefficient (Wildman–Crippen LogP) is 3.12. The second-order valence-corrected chi connectivity index (χ2v) is 5.55. The predicted molar refractivity (Wildman–Crippen MR) is 72.5 cm³/mol. The average molecular weight is 297 g/mol. The molecule has 0 aliphatic rings. The van der Waals surface area contributed by atoms with Crippen LogP contribution < -0.4 is 5.32 Å². The summed E-state index contributed by atoms with van der Waals surface area (Å²) in [6.45, 7) is 1.69. The molecule has 2 aromatic rings. The monoisotopic (exact) mass is 297 g/mol. The van der Waals surface area contributed by atoms with Gasteiger partial charge in [0.1, 0.15) is 17.2 Å². The minimum Gasteiger partial charge on any atom is -0.480 e. The fourth-order valence-corrected chi connectivity index (χ4v) is 2.47. The zero-order valence-corrected chi connectivity index (χ0v) is 11.5. The number of halogens is 2. The molecule has 3 nitrogen and oxygen atoms in total. The summed E-state index contributed by atoms with van der Waals surface area (Å²) < 4.78 is 26.6. The van der Waals surface area contributed by atoms with Crippen LogP contribution in [0.5, 0.6) is 0 Å². The highest BCUT2D eigenvalue weighted by molar-refractivity contribution is 7.09. The van der Waals surface area contributed by atoms with E-state index < -0.39 is 23.1 Å². The molecule has 1 unspecified atom stereocenters. The van der Waals surface area contributed by atoms with Crippen molar-refractivity contribution in [1.82, 2.24) is 5.32 Å². The molecule has 6 heteroatoms. The first kappa shape index (κ1) is 14.6. The Bertz CT molecular complexity index is 595. The number of nitrogens with one attached hydrogen (secondary N) is 1. The van der Waals surface area contributed by atoms with Gasteiger partial charge in [-0.2, -0.15) is 0 Å². The van der Waals surface area contributed by atoms with Crippen LogP contribution in [0.4, 0.5) is 8.78 Å². The van der Waals surface area contributed by atoms with Crippen molar-refractivity contribution >= 4 is 17.3 Å². The minimum absolute atomic E-state index is 0.0408. The maximum Gasteiger partial charge on any atom is 0.328 e. The topological polar surface area (TPSA) is 49.3 Å². The van der Waals surface area contributed by atoms with E-state index >= 15 is 0 Å². The van der Waals surface area contributed by atoms with E-state index in [4.69, 9.17) is 0 Å². The van der Waals surface area contributed by atoms with E-state index in [-0.39, 0.29) is 5.56 Å². The molecular formula is C14H13F2NO2S. The highest BCUT2D eigenvalue weighted by Crippen LogP contribution is 2.24. The fourth-order valence-electron chi connectivity index (χ4n) is 1.82. The first-order valence-electron chi connectivity index (χ1n) is 5.89. The smallest absolute Gasteiger partial charge is 0.328 e. The molecule has 106 valence electrons. The fraction of sp³-hybridized carbons (Fsp3) is 0.214. The van der Waals surface area contributed by atoms with Crippen molar-refractivity contribution in [2.24, 2.45) is 0 Å². The lowest BCUT2D eigenvalue weighted by Gasteiger charge is -2.26. The summed E-state index contributed by atoms with van der Waals surface area (Å²) in [4.78, 5) is 12.4. The van der Waals surface area contributed by atoms with Gasteiger partial charge in [-0.15, -0.1) is 11.3 Å². The van der Waals surface area contributed by atoms with Gasteiger partial charge in [-0.25, -0.2) is 13.6 Å². The summed E-state index contributed by atoms with van der Waals surface area (Å²) >= 11 is 1.47. The van der Waals surface area contributed by atoms with Gasteiger partial charge in [0.25, 0.3) is 0 Å². The summed E-state index contributed by atoms with van der Waals surface area (Å²) in [5, 5.41) is 14.1. The quantitative estimate of drug-likeness (QED) is 0.891. The zero-order chi connectivity index (χ0) is 14.8. The van der Waals surface area contributed by atoms with Crippen molar-refractivity contribution in [2.75, 3.05) is 0 Å². The third kappa shape index (κ3) is 3.02. The molecule has 0 amide bonds. The number of benzene rings is 1. The van der Waals surface area contributed by atoms with E-state index in [1.54, 1.807) is 0 Å². The van der Waals surface area contributed by atoms with Crippen LogP contribution in [0.3, 0.4) is 0 Å². The molecule has 1 aromatic heterocycles. The molecule has 0 fully saturated rings. The van der Waals surface area contributed by atoms with Crippen LogP contribution in [0.15, 0.2) is 35.7 Å². The largest absolute Gasteiger partial charge is 0.480 e. The SMILES string of the molecule is CC(NCc1cccs1)(C(=O)O)c1cc(F)cc(F)c1. The van der Waals surface area contributed by atoms with E-state index in [9.17, 15) is 18.7 Å². The van der Waals surface area contributed by atoms with Crippen LogP contribution in [0.1, 0.15) is 17.4 Å². The van der Waals surface area contributed by atoms with Crippen LogP contribution in [-0.2, 0) is 16.9 Å². The van der Waals surface area contributed by atoms with Gasteiger partial charge in [-0.3, -0.25) is 5.32 Å². The van der Waals surface area contributed by atoms with Gasteiger partial charge >= 0.3 is 5.97 Å². The molecule has 20 heavy (non-hydrogen) atoms. The molecule has 0 saturated heterocycles. The third-order valence-electron chi connectivity index (χ3n) is 3.06. The van der Waals surface area contributed by atoms with E-state index in [2.05, 4.69) is 5.32 Å². The lowest BCUT2D eigenvalue weighted by atomic mass is 9.91. The van der Waals surface area contributed by atoms with Crippen LogP contribution in [0, 0.1) is 11.6 Å². The molecule has 2 rings (SSSR count). The molecule has 0 radical (unpaired) electrons. The number of aliphatic carboxylic acids is 1. The number of carboxylic acid groups (broad SMARTS) is 1. The van der Waals surface area contributed by atoms with Crippen molar-refractivity contribution in [3.05, 3.63) is 57.8 Å². The van der Waals surface area contributed by atoms with Crippen LogP contribution in [0.2, 0.25) is 0 Å². The van der Waals surface area contributed by atoms with Crippen molar-refractivity contribution in [2.45, 2.75) is 19.0 Å². The normalized spacial score (nSPS) is 13.9. The number of carbonyl (C=O) groups is 1. The van der Waals surface area contributed by atoms with Gasteiger partial charge in [-0.05, 0) is 36.1 Å². The minimum atomic E-state index is -1.56. The van der Waals surface area contributed by atoms with Gasteiger partial charge in [0.2, 0.25) is 0 Å². The van der Waals surface area contributed by atoms with Crippen LogP contribution in [0.25, 0.3) is 0 Å².